The highest BCUT2D eigenvalue weighted by Gasteiger charge is 2.43. The molecule has 0 unspecified atom stereocenters. The second-order valence-electron chi connectivity index (χ2n) is 6.71. The minimum Gasteiger partial charge on any atom is -0.411 e. The van der Waals surface area contributed by atoms with Crippen LogP contribution in [0.3, 0.4) is 0 Å². The fraction of sp³-hybridized carbons (Fsp3) is 0.600. The molecule has 0 saturated carbocycles. The highest BCUT2D eigenvalue weighted by Crippen LogP contribution is 2.40. The first kappa shape index (κ1) is 13.8. The van der Waals surface area contributed by atoms with E-state index in [1.54, 1.807) is 0 Å². The summed E-state index contributed by atoms with van der Waals surface area (Å²) in [5.41, 5.74) is 1.34. The first-order valence-electron chi connectivity index (χ1n) is 6.77. The van der Waals surface area contributed by atoms with E-state index in [0.717, 1.165) is 6.54 Å². The van der Waals surface area contributed by atoms with Gasteiger partial charge in [-0.3, -0.25) is 0 Å². The summed E-state index contributed by atoms with van der Waals surface area (Å²) in [6.45, 7) is 12.5. The van der Waals surface area contributed by atoms with Crippen LogP contribution in [0.2, 0.25) is 18.1 Å². The Morgan fingerprint density at radius 3 is 2.22 bits per heavy atom. The second kappa shape index (κ2) is 4.80. The molecule has 0 aromatic heterocycles. The highest BCUT2D eigenvalue weighted by atomic mass is 28.4. The van der Waals surface area contributed by atoms with E-state index in [-0.39, 0.29) is 5.04 Å². The minimum atomic E-state index is -1.65. The minimum absolute atomic E-state index is 0.282. The molecule has 0 aliphatic carbocycles. The molecule has 0 spiro atoms. The van der Waals surface area contributed by atoms with Gasteiger partial charge in [-0.15, -0.1) is 0 Å². The van der Waals surface area contributed by atoms with E-state index in [2.05, 4.69) is 69.5 Å². The molecule has 1 aromatic rings. The van der Waals surface area contributed by atoms with Gasteiger partial charge in [0.1, 0.15) is 0 Å². The second-order valence-corrected chi connectivity index (χ2v) is 11.5. The van der Waals surface area contributed by atoms with Crippen molar-refractivity contribution >= 4 is 8.32 Å². The Labute approximate surface area is 112 Å². The van der Waals surface area contributed by atoms with Gasteiger partial charge in [0, 0.05) is 6.54 Å². The van der Waals surface area contributed by atoms with Crippen LogP contribution in [0.25, 0.3) is 0 Å². The van der Waals surface area contributed by atoms with Gasteiger partial charge in [-0.05, 0) is 23.7 Å². The predicted octanol–water partition coefficient (Wildman–Crippen LogP) is 3.72. The molecular weight excluding hydrogens is 238 g/mol. The largest absolute Gasteiger partial charge is 0.411 e. The highest BCUT2D eigenvalue weighted by molar-refractivity contribution is 6.74. The van der Waals surface area contributed by atoms with Gasteiger partial charge in [0.15, 0.2) is 8.32 Å². The summed E-state index contributed by atoms with van der Waals surface area (Å²) in [4.78, 5) is 0. The molecule has 2 nitrogen and oxygen atoms in total. The molecule has 1 saturated heterocycles. The van der Waals surface area contributed by atoms with E-state index in [9.17, 15) is 0 Å². The van der Waals surface area contributed by atoms with Gasteiger partial charge in [0.2, 0.25) is 0 Å². The van der Waals surface area contributed by atoms with Gasteiger partial charge in [-0.2, -0.15) is 0 Å². The lowest BCUT2D eigenvalue weighted by atomic mass is 9.95. The van der Waals surface area contributed by atoms with Gasteiger partial charge in [-0.25, -0.2) is 0 Å². The van der Waals surface area contributed by atoms with Crippen LogP contribution in [0.1, 0.15) is 32.4 Å². The first-order valence-corrected chi connectivity index (χ1v) is 9.68. The Morgan fingerprint density at radius 1 is 1.17 bits per heavy atom. The molecule has 100 valence electrons. The van der Waals surface area contributed by atoms with Crippen LogP contribution in [0, 0.1) is 0 Å². The number of hydrogen-bond donors (Lipinski definition) is 1. The average Bonchev–Trinajstić information content (AvgIpc) is 2.24. The summed E-state index contributed by atoms with van der Waals surface area (Å²) in [7, 11) is -1.65. The molecule has 1 heterocycles. The molecule has 2 rings (SSSR count). The van der Waals surface area contributed by atoms with Gasteiger partial charge in [0.25, 0.3) is 0 Å². The summed E-state index contributed by atoms with van der Waals surface area (Å²) < 4.78 is 6.48. The smallest absolute Gasteiger partial charge is 0.192 e. The zero-order valence-corrected chi connectivity index (χ0v) is 13.2. The molecule has 1 aliphatic rings. The summed E-state index contributed by atoms with van der Waals surface area (Å²) in [5.74, 6) is 0. The lowest BCUT2D eigenvalue weighted by molar-refractivity contribution is 0.0708. The van der Waals surface area contributed by atoms with Crippen LogP contribution in [0.5, 0.6) is 0 Å². The molecule has 0 radical (unpaired) electrons. The third-order valence-electron chi connectivity index (χ3n) is 4.32. The molecule has 18 heavy (non-hydrogen) atoms. The van der Waals surface area contributed by atoms with E-state index in [4.69, 9.17) is 4.43 Å². The van der Waals surface area contributed by atoms with Crippen molar-refractivity contribution < 1.29 is 4.43 Å². The first-order chi connectivity index (χ1) is 8.31. The van der Waals surface area contributed by atoms with Crippen molar-refractivity contribution in [1.82, 2.24) is 5.32 Å². The number of hydrogen-bond acceptors (Lipinski definition) is 2. The van der Waals surface area contributed by atoms with Crippen molar-refractivity contribution in [3.8, 4) is 0 Å². The fourth-order valence-electron chi connectivity index (χ4n) is 1.99. The SMILES string of the molecule is CC(C)(C)[Si](C)(C)O[C@@H]1CN[C@@H]1c1ccccc1. The third kappa shape index (κ3) is 2.68. The van der Waals surface area contributed by atoms with E-state index >= 15 is 0 Å². The molecule has 0 amide bonds. The lowest BCUT2D eigenvalue weighted by Crippen LogP contribution is -2.57. The van der Waals surface area contributed by atoms with Crippen LogP contribution in [-0.2, 0) is 4.43 Å². The third-order valence-corrected chi connectivity index (χ3v) is 8.83. The molecule has 1 N–H and O–H groups in total. The topological polar surface area (TPSA) is 21.3 Å². The Bertz CT molecular complexity index is 397. The molecular formula is C15H25NOSi. The molecule has 3 heteroatoms. The van der Waals surface area contributed by atoms with E-state index in [1.807, 2.05) is 0 Å². The van der Waals surface area contributed by atoms with Gasteiger partial charge in [0.05, 0.1) is 12.1 Å². The average molecular weight is 263 g/mol. The van der Waals surface area contributed by atoms with Crippen LogP contribution >= 0.6 is 0 Å². The lowest BCUT2D eigenvalue weighted by Gasteiger charge is -2.46. The monoisotopic (exact) mass is 263 g/mol. The van der Waals surface area contributed by atoms with Crippen molar-refractivity contribution in [2.24, 2.45) is 0 Å². The van der Waals surface area contributed by atoms with Crippen LogP contribution in [0.15, 0.2) is 30.3 Å². The fourth-order valence-corrected chi connectivity index (χ4v) is 3.32. The van der Waals surface area contributed by atoms with Gasteiger partial charge >= 0.3 is 0 Å². The summed E-state index contributed by atoms with van der Waals surface area (Å²) >= 11 is 0. The van der Waals surface area contributed by atoms with Gasteiger partial charge < -0.3 is 9.74 Å². The number of nitrogens with one attached hydrogen (secondary N) is 1. The van der Waals surface area contributed by atoms with Crippen molar-refractivity contribution in [3.63, 3.8) is 0 Å². The maximum Gasteiger partial charge on any atom is 0.192 e. The Balaban J connectivity index is 2.04. The van der Waals surface area contributed by atoms with E-state index in [0.29, 0.717) is 12.1 Å². The normalized spacial score (nSPS) is 24.7. The molecule has 1 fully saturated rings. The zero-order chi connectivity index (χ0) is 13.4. The van der Waals surface area contributed by atoms with Crippen molar-refractivity contribution in [1.29, 1.82) is 0 Å². The standard InChI is InChI=1S/C15H25NOSi/c1-15(2,3)18(4,5)17-13-11-16-14(13)12-9-7-6-8-10-12/h6-10,13-14,16H,11H2,1-5H3/t13-,14-/m1/s1. The van der Waals surface area contributed by atoms with Crippen LogP contribution in [-0.4, -0.2) is 21.0 Å². The quantitative estimate of drug-likeness (QED) is 0.839. The van der Waals surface area contributed by atoms with Gasteiger partial charge in [-0.1, -0.05) is 51.1 Å². The number of rotatable bonds is 3. The van der Waals surface area contributed by atoms with Crippen LogP contribution in [0.4, 0.5) is 0 Å². The van der Waals surface area contributed by atoms with E-state index < -0.39 is 8.32 Å². The molecule has 0 bridgehead atoms. The maximum absolute atomic E-state index is 6.48. The Morgan fingerprint density at radius 2 is 1.78 bits per heavy atom. The molecule has 2 atom stereocenters. The number of benzene rings is 1. The van der Waals surface area contributed by atoms with Crippen molar-refractivity contribution in [3.05, 3.63) is 35.9 Å². The summed E-state index contributed by atoms with van der Waals surface area (Å²) in [6, 6.07) is 11.0. The summed E-state index contributed by atoms with van der Waals surface area (Å²) in [6.07, 6.45) is 0.341. The van der Waals surface area contributed by atoms with E-state index in [1.165, 1.54) is 5.56 Å². The molecule has 1 aliphatic heterocycles. The predicted molar refractivity (Wildman–Crippen MR) is 79.3 cm³/mol. The van der Waals surface area contributed by atoms with Crippen LogP contribution < -0.4 is 5.32 Å². The maximum atomic E-state index is 6.48. The Hall–Kier alpha value is -0.643. The summed E-state index contributed by atoms with van der Waals surface area (Å²) in [5, 5.41) is 3.76. The van der Waals surface area contributed by atoms with Crippen molar-refractivity contribution in [2.75, 3.05) is 6.54 Å². The van der Waals surface area contributed by atoms with Crippen molar-refractivity contribution in [2.45, 2.75) is 51.0 Å². The Kier molecular flexibility index (Phi) is 3.67. The zero-order valence-electron chi connectivity index (χ0n) is 12.2. The molecule has 1 aromatic carbocycles.